The highest BCUT2D eigenvalue weighted by molar-refractivity contribution is 5.88. The minimum atomic E-state index is -0.728. The molecule has 108 valence electrons. The summed E-state index contributed by atoms with van der Waals surface area (Å²) in [7, 11) is 0. The Balaban J connectivity index is 1.74. The summed E-state index contributed by atoms with van der Waals surface area (Å²) in [6.45, 7) is 1.82. The maximum atomic E-state index is 12.5. The van der Waals surface area contributed by atoms with Crippen molar-refractivity contribution in [3.05, 3.63) is 35.4 Å². The highest BCUT2D eigenvalue weighted by atomic mass is 16.5. The molecule has 2 aliphatic rings. The Hall–Kier alpha value is -1.23. The van der Waals surface area contributed by atoms with Crippen molar-refractivity contribution in [1.29, 1.82) is 0 Å². The van der Waals surface area contributed by atoms with Gasteiger partial charge in [-0.2, -0.15) is 0 Å². The zero-order chi connectivity index (χ0) is 14.0. The molecule has 0 bridgehead atoms. The van der Waals surface area contributed by atoms with E-state index < -0.39 is 5.54 Å². The highest BCUT2D eigenvalue weighted by Crippen LogP contribution is 2.32. The molecule has 3 rings (SSSR count). The van der Waals surface area contributed by atoms with Crippen LogP contribution in [0.15, 0.2) is 24.3 Å². The van der Waals surface area contributed by atoms with Crippen molar-refractivity contribution in [2.75, 3.05) is 19.8 Å². The molecule has 0 radical (unpaired) electrons. The predicted molar refractivity (Wildman–Crippen MR) is 75.4 cm³/mol. The second-order valence-corrected chi connectivity index (χ2v) is 5.70. The Bertz CT molecular complexity index is 494. The maximum Gasteiger partial charge on any atom is 0.155 e. The number of Topliss-reactive ketones (excluding diaryl/α,β-unsaturated/α-hetero) is 1. The summed E-state index contributed by atoms with van der Waals surface area (Å²) in [5.41, 5.74) is 7.95. The average Bonchev–Trinajstić information content (AvgIpc) is 2.48. The van der Waals surface area contributed by atoms with Gasteiger partial charge >= 0.3 is 0 Å². The zero-order valence-electron chi connectivity index (χ0n) is 11.6. The van der Waals surface area contributed by atoms with Gasteiger partial charge in [0.1, 0.15) is 0 Å². The normalized spacial score (nSPS) is 24.9. The maximum absolute atomic E-state index is 12.5. The molecule has 1 atom stereocenters. The first-order chi connectivity index (χ1) is 9.69. The van der Waals surface area contributed by atoms with Crippen LogP contribution in [0.25, 0.3) is 0 Å². The Morgan fingerprint density at radius 2 is 2.00 bits per heavy atom. The summed E-state index contributed by atoms with van der Waals surface area (Å²) in [4.78, 5) is 12.5. The molecule has 0 spiro atoms. The standard InChI is InChI=1S/C16H21NO3/c17-16(6-9-19-10-7-16)15(18)11-14-13-4-2-1-3-12(13)5-8-20-14/h1-4,14H,5-11,17H2. The molecule has 1 unspecified atom stereocenters. The lowest BCUT2D eigenvalue weighted by Gasteiger charge is -2.34. The fraction of sp³-hybridized carbons (Fsp3) is 0.562. The van der Waals surface area contributed by atoms with E-state index in [1.807, 2.05) is 12.1 Å². The summed E-state index contributed by atoms with van der Waals surface area (Å²) in [5, 5.41) is 0. The molecule has 20 heavy (non-hydrogen) atoms. The van der Waals surface area contributed by atoms with Crippen LogP contribution >= 0.6 is 0 Å². The quantitative estimate of drug-likeness (QED) is 0.913. The molecule has 2 N–H and O–H groups in total. The van der Waals surface area contributed by atoms with E-state index in [1.165, 1.54) is 5.56 Å². The third-order valence-corrected chi connectivity index (χ3v) is 4.40. The highest BCUT2D eigenvalue weighted by Gasteiger charge is 2.37. The summed E-state index contributed by atoms with van der Waals surface area (Å²) >= 11 is 0. The van der Waals surface area contributed by atoms with Gasteiger partial charge in [0.15, 0.2) is 5.78 Å². The van der Waals surface area contributed by atoms with Crippen molar-refractivity contribution >= 4 is 5.78 Å². The van der Waals surface area contributed by atoms with Crippen LogP contribution in [0.2, 0.25) is 0 Å². The van der Waals surface area contributed by atoms with E-state index in [-0.39, 0.29) is 11.9 Å². The summed E-state index contributed by atoms with van der Waals surface area (Å²) in [5.74, 6) is 0.0995. The number of nitrogens with two attached hydrogens (primary N) is 1. The minimum Gasteiger partial charge on any atom is -0.381 e. The molecule has 2 aliphatic heterocycles. The predicted octanol–water partition coefficient (Wildman–Crippen LogP) is 1.77. The molecule has 0 aromatic heterocycles. The Morgan fingerprint density at radius 3 is 2.80 bits per heavy atom. The number of hydrogen-bond acceptors (Lipinski definition) is 4. The van der Waals surface area contributed by atoms with E-state index >= 15 is 0 Å². The van der Waals surface area contributed by atoms with Crippen LogP contribution in [-0.4, -0.2) is 31.1 Å². The summed E-state index contributed by atoms with van der Waals surface area (Å²) in [6, 6.07) is 8.20. The number of carbonyl (C=O) groups excluding carboxylic acids is 1. The molecule has 2 heterocycles. The van der Waals surface area contributed by atoms with Crippen molar-refractivity contribution in [1.82, 2.24) is 0 Å². The topological polar surface area (TPSA) is 61.6 Å². The number of rotatable bonds is 3. The summed E-state index contributed by atoms with van der Waals surface area (Å²) < 4.78 is 11.1. The Morgan fingerprint density at radius 1 is 1.25 bits per heavy atom. The first kappa shape index (κ1) is 13.7. The van der Waals surface area contributed by atoms with Crippen LogP contribution < -0.4 is 5.73 Å². The van der Waals surface area contributed by atoms with Gasteiger partial charge < -0.3 is 15.2 Å². The molecule has 4 heteroatoms. The first-order valence-corrected chi connectivity index (χ1v) is 7.28. The molecule has 1 aromatic rings. The van der Waals surface area contributed by atoms with Gasteiger partial charge in [-0.15, -0.1) is 0 Å². The smallest absolute Gasteiger partial charge is 0.155 e. The van der Waals surface area contributed by atoms with E-state index in [2.05, 4.69) is 12.1 Å². The van der Waals surface area contributed by atoms with E-state index in [9.17, 15) is 4.79 Å². The van der Waals surface area contributed by atoms with Crippen LogP contribution in [0.5, 0.6) is 0 Å². The average molecular weight is 275 g/mol. The molecular formula is C16H21NO3. The van der Waals surface area contributed by atoms with Crippen LogP contribution in [0.3, 0.4) is 0 Å². The fourth-order valence-corrected chi connectivity index (χ4v) is 3.03. The fourth-order valence-electron chi connectivity index (χ4n) is 3.03. The Kier molecular flexibility index (Phi) is 3.87. The molecule has 1 aromatic carbocycles. The van der Waals surface area contributed by atoms with Gasteiger partial charge in [0.05, 0.1) is 18.2 Å². The third-order valence-electron chi connectivity index (χ3n) is 4.40. The molecule has 4 nitrogen and oxygen atoms in total. The second kappa shape index (κ2) is 5.64. The molecule has 0 saturated carbocycles. The summed E-state index contributed by atoms with van der Waals surface area (Å²) in [6.07, 6.45) is 2.37. The molecular weight excluding hydrogens is 254 g/mol. The Labute approximate surface area is 119 Å². The third kappa shape index (κ3) is 2.64. The van der Waals surface area contributed by atoms with Crippen molar-refractivity contribution in [2.45, 2.75) is 37.3 Å². The van der Waals surface area contributed by atoms with Gasteiger partial charge in [-0.05, 0) is 30.4 Å². The number of benzene rings is 1. The second-order valence-electron chi connectivity index (χ2n) is 5.70. The molecule has 0 amide bonds. The van der Waals surface area contributed by atoms with Crippen molar-refractivity contribution < 1.29 is 14.3 Å². The van der Waals surface area contributed by atoms with Crippen LogP contribution in [0, 0.1) is 0 Å². The van der Waals surface area contributed by atoms with Gasteiger partial charge in [-0.3, -0.25) is 4.79 Å². The van der Waals surface area contributed by atoms with Gasteiger partial charge in [-0.1, -0.05) is 24.3 Å². The number of fused-ring (bicyclic) bond motifs is 1. The van der Waals surface area contributed by atoms with Gasteiger partial charge in [0, 0.05) is 19.6 Å². The van der Waals surface area contributed by atoms with E-state index in [0.29, 0.717) is 39.1 Å². The zero-order valence-corrected chi connectivity index (χ0v) is 11.6. The van der Waals surface area contributed by atoms with Crippen molar-refractivity contribution in [2.24, 2.45) is 5.73 Å². The van der Waals surface area contributed by atoms with E-state index in [1.54, 1.807) is 0 Å². The van der Waals surface area contributed by atoms with Gasteiger partial charge in [0.25, 0.3) is 0 Å². The van der Waals surface area contributed by atoms with E-state index in [4.69, 9.17) is 15.2 Å². The van der Waals surface area contributed by atoms with Gasteiger partial charge in [-0.25, -0.2) is 0 Å². The van der Waals surface area contributed by atoms with Crippen LogP contribution in [0.4, 0.5) is 0 Å². The van der Waals surface area contributed by atoms with Crippen molar-refractivity contribution in [3.8, 4) is 0 Å². The monoisotopic (exact) mass is 275 g/mol. The van der Waals surface area contributed by atoms with E-state index in [0.717, 1.165) is 12.0 Å². The number of hydrogen-bond donors (Lipinski definition) is 1. The molecule has 1 saturated heterocycles. The lowest BCUT2D eigenvalue weighted by molar-refractivity contribution is -0.130. The van der Waals surface area contributed by atoms with Gasteiger partial charge in [0.2, 0.25) is 0 Å². The van der Waals surface area contributed by atoms with Crippen molar-refractivity contribution in [3.63, 3.8) is 0 Å². The van der Waals surface area contributed by atoms with Crippen LogP contribution in [-0.2, 0) is 20.7 Å². The molecule has 1 fully saturated rings. The molecule has 0 aliphatic carbocycles. The minimum absolute atomic E-state index is 0.0995. The first-order valence-electron chi connectivity index (χ1n) is 7.28. The lowest BCUT2D eigenvalue weighted by Crippen LogP contribution is -2.52. The SMILES string of the molecule is NC1(C(=O)CC2OCCc3ccccc32)CCOCC1. The number of carbonyl (C=O) groups is 1. The lowest BCUT2D eigenvalue weighted by atomic mass is 9.82. The largest absolute Gasteiger partial charge is 0.381 e. The number of ether oxygens (including phenoxy) is 2. The number of ketones is 1. The van der Waals surface area contributed by atoms with Crippen LogP contribution in [0.1, 0.15) is 36.5 Å².